The van der Waals surface area contributed by atoms with Crippen molar-refractivity contribution >= 4 is 23.7 Å². The monoisotopic (exact) mass is 339 g/mol. The van der Waals surface area contributed by atoms with Crippen molar-refractivity contribution in [1.29, 1.82) is 0 Å². The van der Waals surface area contributed by atoms with Crippen LogP contribution in [0.4, 0.5) is 5.69 Å². The first-order valence-electron chi connectivity index (χ1n) is 7.78. The number of ether oxygens (including phenoxy) is 2. The van der Waals surface area contributed by atoms with Gasteiger partial charge in [0.05, 0.1) is 6.21 Å². The predicted molar refractivity (Wildman–Crippen MR) is 93.0 cm³/mol. The Labute approximate surface area is 144 Å². The SMILES string of the molecule is CCC(=O)Nc1ccc(C(=O)NN=Cc2ccc3c(c2)OCO3)cc1. The Morgan fingerprint density at radius 3 is 2.64 bits per heavy atom. The summed E-state index contributed by atoms with van der Waals surface area (Å²) in [5.41, 5.74) is 4.33. The lowest BCUT2D eigenvalue weighted by Gasteiger charge is -2.04. The maximum atomic E-state index is 12.1. The Bertz CT molecular complexity index is 816. The van der Waals surface area contributed by atoms with Crippen LogP contribution in [0.25, 0.3) is 0 Å². The highest BCUT2D eigenvalue weighted by Crippen LogP contribution is 2.31. The lowest BCUT2D eigenvalue weighted by molar-refractivity contribution is -0.115. The second kappa shape index (κ2) is 7.48. The number of hydrazone groups is 1. The van der Waals surface area contributed by atoms with Gasteiger partial charge in [0.25, 0.3) is 5.91 Å². The van der Waals surface area contributed by atoms with E-state index in [0.29, 0.717) is 29.2 Å². The minimum atomic E-state index is -0.342. The molecule has 2 aromatic rings. The first kappa shape index (κ1) is 16.5. The molecule has 2 amide bonds. The largest absolute Gasteiger partial charge is 0.454 e. The summed E-state index contributed by atoms with van der Waals surface area (Å²) in [5, 5.41) is 6.66. The Balaban J connectivity index is 1.57. The van der Waals surface area contributed by atoms with Gasteiger partial charge in [-0.3, -0.25) is 9.59 Å². The van der Waals surface area contributed by atoms with Crippen molar-refractivity contribution in [3.8, 4) is 11.5 Å². The number of nitrogens with zero attached hydrogens (tertiary/aromatic N) is 1. The van der Waals surface area contributed by atoms with Crippen LogP contribution in [0.1, 0.15) is 29.3 Å². The summed E-state index contributed by atoms with van der Waals surface area (Å²) >= 11 is 0. The second-order valence-electron chi connectivity index (χ2n) is 5.29. The highest BCUT2D eigenvalue weighted by atomic mass is 16.7. The van der Waals surface area contributed by atoms with E-state index in [0.717, 1.165) is 5.56 Å². The van der Waals surface area contributed by atoms with Crippen molar-refractivity contribution in [1.82, 2.24) is 5.43 Å². The molecule has 0 fully saturated rings. The Morgan fingerprint density at radius 2 is 1.88 bits per heavy atom. The van der Waals surface area contributed by atoms with Gasteiger partial charge in [-0.25, -0.2) is 5.43 Å². The van der Waals surface area contributed by atoms with Crippen LogP contribution in [0.2, 0.25) is 0 Å². The minimum Gasteiger partial charge on any atom is -0.454 e. The van der Waals surface area contributed by atoms with Crippen LogP contribution in [0.3, 0.4) is 0 Å². The second-order valence-corrected chi connectivity index (χ2v) is 5.29. The summed E-state index contributed by atoms with van der Waals surface area (Å²) in [6.45, 7) is 1.98. The zero-order valence-corrected chi connectivity index (χ0v) is 13.6. The molecule has 3 rings (SSSR count). The molecule has 128 valence electrons. The van der Waals surface area contributed by atoms with Gasteiger partial charge in [-0.1, -0.05) is 6.92 Å². The van der Waals surface area contributed by atoms with Crippen molar-refractivity contribution in [2.45, 2.75) is 13.3 Å². The van der Waals surface area contributed by atoms with Gasteiger partial charge in [0.1, 0.15) is 0 Å². The molecule has 0 radical (unpaired) electrons. The summed E-state index contributed by atoms with van der Waals surface area (Å²) < 4.78 is 10.5. The molecule has 25 heavy (non-hydrogen) atoms. The molecule has 1 heterocycles. The molecular formula is C18H17N3O4. The van der Waals surface area contributed by atoms with Crippen molar-refractivity contribution < 1.29 is 19.1 Å². The van der Waals surface area contributed by atoms with E-state index in [9.17, 15) is 9.59 Å². The number of amides is 2. The molecule has 0 aromatic heterocycles. The summed E-state index contributed by atoms with van der Waals surface area (Å²) in [7, 11) is 0. The van der Waals surface area contributed by atoms with Crippen LogP contribution in [-0.2, 0) is 4.79 Å². The van der Waals surface area contributed by atoms with Crippen molar-refractivity contribution in [3.05, 3.63) is 53.6 Å². The van der Waals surface area contributed by atoms with Gasteiger partial charge < -0.3 is 14.8 Å². The van der Waals surface area contributed by atoms with Crippen molar-refractivity contribution in [3.63, 3.8) is 0 Å². The van der Waals surface area contributed by atoms with E-state index in [1.807, 2.05) is 6.07 Å². The van der Waals surface area contributed by atoms with Gasteiger partial charge in [-0.15, -0.1) is 0 Å². The van der Waals surface area contributed by atoms with Gasteiger partial charge in [-0.2, -0.15) is 5.10 Å². The number of anilines is 1. The number of carbonyl (C=O) groups excluding carboxylic acids is 2. The number of fused-ring (bicyclic) bond motifs is 1. The molecule has 2 N–H and O–H groups in total. The van der Waals surface area contributed by atoms with E-state index in [1.54, 1.807) is 43.3 Å². The maximum Gasteiger partial charge on any atom is 0.271 e. The average Bonchev–Trinajstić information content (AvgIpc) is 3.10. The molecule has 0 atom stereocenters. The lowest BCUT2D eigenvalue weighted by atomic mass is 10.2. The Kier molecular flexibility index (Phi) is 4.94. The number of hydrogen-bond acceptors (Lipinski definition) is 5. The quantitative estimate of drug-likeness (QED) is 0.647. The molecule has 0 spiro atoms. The van der Waals surface area contributed by atoms with Crippen LogP contribution in [0.15, 0.2) is 47.6 Å². The fourth-order valence-corrected chi connectivity index (χ4v) is 2.18. The van der Waals surface area contributed by atoms with Gasteiger partial charge in [-0.05, 0) is 48.0 Å². The summed E-state index contributed by atoms with van der Waals surface area (Å²) in [4.78, 5) is 23.4. The topological polar surface area (TPSA) is 89.0 Å². The third kappa shape index (κ3) is 4.14. The zero-order chi connectivity index (χ0) is 17.6. The van der Waals surface area contributed by atoms with Crippen molar-refractivity contribution in [2.24, 2.45) is 5.10 Å². The average molecular weight is 339 g/mol. The van der Waals surface area contributed by atoms with Gasteiger partial charge in [0, 0.05) is 17.7 Å². The molecule has 0 bridgehead atoms. The summed E-state index contributed by atoms with van der Waals surface area (Å²) in [6.07, 6.45) is 1.92. The van der Waals surface area contributed by atoms with E-state index >= 15 is 0 Å². The fraction of sp³-hybridized carbons (Fsp3) is 0.167. The Morgan fingerprint density at radius 1 is 1.12 bits per heavy atom. The first-order chi connectivity index (χ1) is 12.2. The normalized spacial score (nSPS) is 12.2. The highest BCUT2D eigenvalue weighted by molar-refractivity contribution is 5.96. The summed E-state index contributed by atoms with van der Waals surface area (Å²) in [6, 6.07) is 12.0. The standard InChI is InChI=1S/C18H17N3O4/c1-2-17(22)20-14-6-4-13(5-7-14)18(23)21-19-10-12-3-8-15-16(9-12)25-11-24-15/h3-10H,2,11H2,1H3,(H,20,22)(H,21,23). The lowest BCUT2D eigenvalue weighted by Crippen LogP contribution is -2.17. The number of hydrogen-bond donors (Lipinski definition) is 2. The van der Waals surface area contributed by atoms with Crippen LogP contribution < -0.4 is 20.2 Å². The van der Waals surface area contributed by atoms with E-state index in [1.165, 1.54) is 6.21 Å². The molecule has 2 aromatic carbocycles. The molecule has 0 saturated carbocycles. The molecule has 7 heteroatoms. The molecule has 7 nitrogen and oxygen atoms in total. The van der Waals surface area contributed by atoms with Gasteiger partial charge >= 0.3 is 0 Å². The molecule has 0 saturated heterocycles. The van der Waals surface area contributed by atoms with E-state index in [2.05, 4.69) is 15.8 Å². The molecular weight excluding hydrogens is 322 g/mol. The van der Waals surface area contributed by atoms with Crippen LogP contribution in [-0.4, -0.2) is 24.8 Å². The molecule has 0 unspecified atom stereocenters. The van der Waals surface area contributed by atoms with Gasteiger partial charge in [0.2, 0.25) is 12.7 Å². The number of nitrogens with one attached hydrogen (secondary N) is 2. The van der Waals surface area contributed by atoms with E-state index in [-0.39, 0.29) is 18.6 Å². The van der Waals surface area contributed by atoms with Crippen LogP contribution >= 0.6 is 0 Å². The third-order valence-electron chi connectivity index (χ3n) is 3.53. The Hall–Kier alpha value is -3.35. The van der Waals surface area contributed by atoms with E-state index < -0.39 is 0 Å². The predicted octanol–water partition coefficient (Wildman–Crippen LogP) is 2.53. The molecule has 0 aliphatic carbocycles. The fourth-order valence-electron chi connectivity index (χ4n) is 2.18. The number of benzene rings is 2. The molecule has 1 aliphatic heterocycles. The maximum absolute atomic E-state index is 12.1. The number of carbonyl (C=O) groups is 2. The molecule has 1 aliphatic rings. The van der Waals surface area contributed by atoms with Gasteiger partial charge in [0.15, 0.2) is 11.5 Å². The number of rotatable bonds is 5. The summed E-state index contributed by atoms with van der Waals surface area (Å²) in [5.74, 6) is 0.923. The minimum absolute atomic E-state index is 0.0782. The first-order valence-corrected chi connectivity index (χ1v) is 7.78. The zero-order valence-electron chi connectivity index (χ0n) is 13.6. The smallest absolute Gasteiger partial charge is 0.271 e. The third-order valence-corrected chi connectivity index (χ3v) is 3.53. The van der Waals surface area contributed by atoms with Crippen LogP contribution in [0.5, 0.6) is 11.5 Å². The van der Waals surface area contributed by atoms with Crippen molar-refractivity contribution in [2.75, 3.05) is 12.1 Å². The highest BCUT2D eigenvalue weighted by Gasteiger charge is 2.12. The van der Waals surface area contributed by atoms with E-state index in [4.69, 9.17) is 9.47 Å². The van der Waals surface area contributed by atoms with Crippen LogP contribution in [0, 0.1) is 0 Å².